The summed E-state index contributed by atoms with van der Waals surface area (Å²) in [7, 11) is 0. The molecule has 0 spiro atoms. The summed E-state index contributed by atoms with van der Waals surface area (Å²) >= 11 is 0. The molecule has 0 bridgehead atoms. The van der Waals surface area contributed by atoms with E-state index in [0.717, 1.165) is 18.2 Å². The predicted molar refractivity (Wildman–Crippen MR) is 106 cm³/mol. The average molecular weight is 444 g/mol. The largest absolute Gasteiger partial charge is 0.349 e. The molecule has 4 rings (SSSR count). The fourth-order valence-electron chi connectivity index (χ4n) is 4.06. The van der Waals surface area contributed by atoms with Gasteiger partial charge in [-0.15, -0.1) is 0 Å². The zero-order valence-corrected chi connectivity index (χ0v) is 16.9. The third-order valence-corrected chi connectivity index (χ3v) is 5.74. The van der Waals surface area contributed by atoms with Crippen molar-refractivity contribution in [2.24, 2.45) is 0 Å². The lowest BCUT2D eigenvalue weighted by atomic mass is 9.92. The Hall–Kier alpha value is -3.49. The smallest absolute Gasteiger partial charge is 0.346 e. The molecule has 1 aliphatic heterocycles. The first-order valence-corrected chi connectivity index (χ1v) is 10.1. The molecule has 1 heterocycles. The number of halogens is 3. The summed E-state index contributed by atoms with van der Waals surface area (Å²) in [5, 5.41) is 2.14. The number of carbonyl (C=O) groups excluding carboxylic acids is 4. The number of benzene rings is 2. The Morgan fingerprint density at radius 1 is 1.12 bits per heavy atom. The Kier molecular flexibility index (Phi) is 5.58. The minimum atomic E-state index is -3.91. The first kappa shape index (κ1) is 21.7. The topological polar surface area (TPSA) is 83.6 Å². The molecule has 0 radical (unpaired) electrons. The van der Waals surface area contributed by atoms with Crippen molar-refractivity contribution in [3.63, 3.8) is 0 Å². The second-order valence-corrected chi connectivity index (χ2v) is 7.93. The first-order valence-electron chi connectivity index (χ1n) is 10.1. The van der Waals surface area contributed by atoms with Crippen LogP contribution in [-0.2, 0) is 33.4 Å². The standard InChI is InChI=1S/C23H19F3N2O4/c24-16-3-1-2-15(9-16)23(25,26)22(32)27-11-13-4-6-18-14(8-13)12-28(21(18)31)19-7-5-17(29)10-20(19)30/h1-4,6,8-9,19H,5,7,10-12H2,(H,27,32). The number of carbonyl (C=O) groups is 4. The number of alkyl halides is 2. The van der Waals surface area contributed by atoms with Crippen LogP contribution in [0.25, 0.3) is 0 Å². The highest BCUT2D eigenvalue weighted by Gasteiger charge is 2.41. The maximum Gasteiger partial charge on any atom is 0.349 e. The number of ketones is 2. The van der Waals surface area contributed by atoms with Crippen molar-refractivity contribution in [2.45, 2.75) is 44.3 Å². The molecule has 1 unspecified atom stereocenters. The van der Waals surface area contributed by atoms with Crippen LogP contribution >= 0.6 is 0 Å². The van der Waals surface area contributed by atoms with Gasteiger partial charge in [0.05, 0.1) is 12.5 Å². The maximum atomic E-state index is 14.3. The van der Waals surface area contributed by atoms with Crippen LogP contribution in [0.3, 0.4) is 0 Å². The van der Waals surface area contributed by atoms with Crippen molar-refractivity contribution >= 4 is 23.4 Å². The zero-order chi connectivity index (χ0) is 23.0. The van der Waals surface area contributed by atoms with Gasteiger partial charge in [-0.2, -0.15) is 8.78 Å². The monoisotopic (exact) mass is 444 g/mol. The number of nitrogens with one attached hydrogen (secondary N) is 1. The molecule has 0 aromatic heterocycles. The second-order valence-electron chi connectivity index (χ2n) is 7.93. The molecule has 6 nitrogen and oxygen atoms in total. The number of hydrogen-bond acceptors (Lipinski definition) is 4. The van der Waals surface area contributed by atoms with Gasteiger partial charge in [-0.1, -0.05) is 24.3 Å². The highest BCUT2D eigenvalue weighted by atomic mass is 19.3. The molecule has 2 aromatic carbocycles. The van der Waals surface area contributed by atoms with E-state index in [0.29, 0.717) is 22.8 Å². The quantitative estimate of drug-likeness (QED) is 0.719. The molecule has 0 saturated heterocycles. The van der Waals surface area contributed by atoms with E-state index in [1.165, 1.54) is 17.0 Å². The van der Waals surface area contributed by atoms with Crippen molar-refractivity contribution in [1.29, 1.82) is 0 Å². The minimum absolute atomic E-state index is 0.136. The molecule has 2 aromatic rings. The van der Waals surface area contributed by atoms with Gasteiger partial charge in [0, 0.05) is 30.6 Å². The van der Waals surface area contributed by atoms with Gasteiger partial charge < -0.3 is 10.2 Å². The number of rotatable bonds is 5. The van der Waals surface area contributed by atoms with Gasteiger partial charge >= 0.3 is 5.92 Å². The van der Waals surface area contributed by atoms with Gasteiger partial charge in [-0.25, -0.2) is 4.39 Å². The van der Waals surface area contributed by atoms with E-state index in [1.54, 1.807) is 6.07 Å². The van der Waals surface area contributed by atoms with Crippen LogP contribution in [0.4, 0.5) is 13.2 Å². The van der Waals surface area contributed by atoms with E-state index in [-0.39, 0.29) is 49.8 Å². The van der Waals surface area contributed by atoms with Crippen molar-refractivity contribution in [3.05, 3.63) is 70.5 Å². The summed E-state index contributed by atoms with van der Waals surface area (Å²) in [5.41, 5.74) is 0.756. The highest BCUT2D eigenvalue weighted by molar-refractivity contribution is 6.07. The van der Waals surface area contributed by atoms with Crippen LogP contribution in [0, 0.1) is 5.82 Å². The average Bonchev–Trinajstić information content (AvgIpc) is 3.07. The minimum Gasteiger partial charge on any atom is -0.346 e. The molecule has 9 heteroatoms. The number of fused-ring (bicyclic) bond motifs is 1. The third-order valence-electron chi connectivity index (χ3n) is 5.74. The van der Waals surface area contributed by atoms with Crippen LogP contribution in [-0.4, -0.2) is 34.3 Å². The van der Waals surface area contributed by atoms with Gasteiger partial charge in [0.2, 0.25) is 0 Å². The molecular weight excluding hydrogens is 425 g/mol. The molecule has 32 heavy (non-hydrogen) atoms. The van der Waals surface area contributed by atoms with Gasteiger partial charge in [0.1, 0.15) is 11.6 Å². The van der Waals surface area contributed by atoms with E-state index in [4.69, 9.17) is 0 Å². The molecule has 1 N–H and O–H groups in total. The van der Waals surface area contributed by atoms with E-state index in [1.807, 2.05) is 0 Å². The Balaban J connectivity index is 1.44. The van der Waals surface area contributed by atoms with E-state index < -0.39 is 29.3 Å². The summed E-state index contributed by atoms with van der Waals surface area (Å²) in [5.74, 6) is -7.09. The molecule has 2 aliphatic rings. The number of nitrogens with zero attached hydrogens (tertiary/aromatic N) is 1. The van der Waals surface area contributed by atoms with Crippen molar-refractivity contribution in [3.8, 4) is 0 Å². The lowest BCUT2D eigenvalue weighted by Gasteiger charge is -2.29. The Labute approximate surface area is 181 Å². The predicted octanol–water partition coefficient (Wildman–Crippen LogP) is 2.88. The van der Waals surface area contributed by atoms with Crippen molar-refractivity contribution in [2.75, 3.05) is 0 Å². The lowest BCUT2D eigenvalue weighted by molar-refractivity contribution is -0.147. The highest BCUT2D eigenvalue weighted by Crippen LogP contribution is 2.31. The van der Waals surface area contributed by atoms with Crippen LogP contribution in [0.2, 0.25) is 0 Å². The Morgan fingerprint density at radius 3 is 2.62 bits per heavy atom. The first-order chi connectivity index (χ1) is 15.2. The summed E-state index contributed by atoms with van der Waals surface area (Å²) in [6.07, 6.45) is 0.352. The summed E-state index contributed by atoms with van der Waals surface area (Å²) in [6.45, 7) is -0.0535. The fraction of sp³-hybridized carbons (Fsp3) is 0.304. The van der Waals surface area contributed by atoms with Gasteiger partial charge in [0.25, 0.3) is 11.8 Å². The van der Waals surface area contributed by atoms with Crippen LogP contribution in [0.15, 0.2) is 42.5 Å². The normalized spacial score (nSPS) is 18.7. The summed E-state index contributed by atoms with van der Waals surface area (Å²) in [6, 6.07) is 7.71. The summed E-state index contributed by atoms with van der Waals surface area (Å²) in [4.78, 5) is 49.8. The molecule has 1 atom stereocenters. The molecular formula is C23H19F3N2O4. The van der Waals surface area contributed by atoms with Gasteiger partial charge in [-0.05, 0) is 35.7 Å². The Morgan fingerprint density at radius 2 is 1.91 bits per heavy atom. The van der Waals surface area contributed by atoms with Crippen LogP contribution < -0.4 is 5.32 Å². The van der Waals surface area contributed by atoms with Gasteiger partial charge in [-0.3, -0.25) is 19.2 Å². The zero-order valence-electron chi connectivity index (χ0n) is 16.9. The maximum absolute atomic E-state index is 14.3. The molecule has 1 fully saturated rings. The van der Waals surface area contributed by atoms with Gasteiger partial charge in [0.15, 0.2) is 5.78 Å². The van der Waals surface area contributed by atoms with E-state index in [2.05, 4.69) is 5.32 Å². The molecule has 1 saturated carbocycles. The van der Waals surface area contributed by atoms with E-state index in [9.17, 15) is 32.3 Å². The van der Waals surface area contributed by atoms with Crippen molar-refractivity contribution in [1.82, 2.24) is 10.2 Å². The second kappa shape index (κ2) is 8.22. The molecule has 2 amide bonds. The van der Waals surface area contributed by atoms with Crippen molar-refractivity contribution < 1.29 is 32.3 Å². The SMILES string of the molecule is O=C1CCC(N2Cc3cc(CNC(=O)C(F)(F)c4cccc(F)c4)ccc3C2=O)C(=O)C1. The fourth-order valence-corrected chi connectivity index (χ4v) is 4.06. The number of amides is 2. The van der Waals surface area contributed by atoms with Crippen LogP contribution in [0.5, 0.6) is 0 Å². The number of hydrogen-bond donors (Lipinski definition) is 1. The molecule has 1 aliphatic carbocycles. The lowest BCUT2D eigenvalue weighted by Crippen LogP contribution is -2.44. The Bertz CT molecular complexity index is 1130. The number of Topliss-reactive ketones (excluding diaryl/α,β-unsaturated/α-hetero) is 2. The molecule has 166 valence electrons. The summed E-state index contributed by atoms with van der Waals surface area (Å²) < 4.78 is 41.9. The van der Waals surface area contributed by atoms with Crippen LogP contribution in [0.1, 0.15) is 46.3 Å². The third kappa shape index (κ3) is 4.02. The van der Waals surface area contributed by atoms with E-state index >= 15 is 0 Å².